The Bertz CT molecular complexity index is 152. The molecule has 0 fully saturated rings. The van der Waals surface area contributed by atoms with E-state index in [1.54, 1.807) is 0 Å². The van der Waals surface area contributed by atoms with Crippen LogP contribution in [0.5, 0.6) is 0 Å². The molecule has 0 aliphatic heterocycles. The van der Waals surface area contributed by atoms with Crippen LogP contribution in [0.15, 0.2) is 24.3 Å². The zero-order valence-electron chi connectivity index (χ0n) is 4.77. The van der Waals surface area contributed by atoms with Gasteiger partial charge in [0.15, 0.2) is 0 Å². The quantitative estimate of drug-likeness (QED) is 0.531. The molecule has 0 radical (unpaired) electrons. The third kappa shape index (κ3) is 3.03. The number of hydrogen-bond donors (Lipinski definition) is 1. The molecule has 1 rings (SSSR count). The highest BCUT2D eigenvalue weighted by molar-refractivity contribution is 6.30. The van der Waals surface area contributed by atoms with Crippen LogP contribution in [0.25, 0.3) is 0 Å². The summed E-state index contributed by atoms with van der Waals surface area (Å²) in [4.78, 5) is 0. The Balaban J connectivity index is 0.000000640. The number of rotatable bonds is 0. The van der Waals surface area contributed by atoms with E-state index in [0.29, 0.717) is 0 Å². The molecule has 9 heavy (non-hydrogen) atoms. The predicted molar refractivity (Wildman–Crippen MR) is 34.0 cm³/mol. The fourth-order valence-corrected chi connectivity index (χ4v) is 0.610. The summed E-state index contributed by atoms with van der Waals surface area (Å²) in [5, 5.41) is 0.761. The Morgan fingerprint density at radius 3 is 1.89 bits per heavy atom. The first-order valence-corrected chi connectivity index (χ1v) is 2.74. The lowest BCUT2D eigenvalue weighted by Gasteiger charge is -1.85. The molecular formula is C6H7ClIN. The van der Waals surface area contributed by atoms with E-state index in [1.165, 1.54) is 0 Å². The van der Waals surface area contributed by atoms with Crippen LogP contribution in [-0.2, 0) is 0 Å². The van der Waals surface area contributed by atoms with E-state index < -0.39 is 0 Å². The standard InChI is InChI=1S/C6H6ClN.HI/c7-5-1-3-6(8)4-2-5;/h1-4H,8H2;1H. The summed E-state index contributed by atoms with van der Waals surface area (Å²) >= 11 is 5.58. The molecule has 1 aromatic carbocycles. The normalized spacial score (nSPS) is 8.22. The lowest BCUT2D eigenvalue weighted by molar-refractivity contribution is -0.254. The molecular weight excluding hydrogens is 248 g/mol. The van der Waals surface area contributed by atoms with Gasteiger partial charge < -0.3 is 29.7 Å². The molecule has 0 aliphatic carbocycles. The van der Waals surface area contributed by atoms with Gasteiger partial charge in [-0.1, -0.05) is 11.6 Å². The lowest BCUT2D eigenvalue weighted by Crippen LogP contribution is -3.00. The minimum atomic E-state index is 0. The Morgan fingerprint density at radius 2 is 1.56 bits per heavy atom. The van der Waals surface area contributed by atoms with Gasteiger partial charge >= 0.3 is 0 Å². The molecule has 0 heterocycles. The van der Waals surface area contributed by atoms with E-state index in [9.17, 15) is 0 Å². The molecule has 3 N–H and O–H groups in total. The molecule has 0 amide bonds. The van der Waals surface area contributed by atoms with Crippen LogP contribution in [0, 0.1) is 0 Å². The third-order valence-corrected chi connectivity index (χ3v) is 1.17. The van der Waals surface area contributed by atoms with Gasteiger partial charge in [-0.05, 0) is 12.1 Å². The van der Waals surface area contributed by atoms with E-state index in [1.807, 2.05) is 24.3 Å². The molecule has 3 heteroatoms. The van der Waals surface area contributed by atoms with Crippen molar-refractivity contribution >= 4 is 17.3 Å². The average Bonchev–Trinajstić information content (AvgIpc) is 1.77. The summed E-state index contributed by atoms with van der Waals surface area (Å²) in [6, 6.07) is 7.40. The minimum Gasteiger partial charge on any atom is -1.00 e. The van der Waals surface area contributed by atoms with Crippen LogP contribution >= 0.6 is 11.6 Å². The molecule has 0 unspecified atom stereocenters. The lowest BCUT2D eigenvalue weighted by atomic mass is 10.3. The summed E-state index contributed by atoms with van der Waals surface area (Å²) in [6.07, 6.45) is 0. The van der Waals surface area contributed by atoms with Gasteiger partial charge in [0, 0.05) is 17.2 Å². The molecule has 0 saturated carbocycles. The summed E-state index contributed by atoms with van der Waals surface area (Å²) < 4.78 is 0. The van der Waals surface area contributed by atoms with Crippen molar-refractivity contribution in [2.24, 2.45) is 0 Å². The monoisotopic (exact) mass is 255 g/mol. The van der Waals surface area contributed by atoms with Crippen molar-refractivity contribution in [3.05, 3.63) is 29.3 Å². The zero-order chi connectivity index (χ0) is 5.98. The van der Waals surface area contributed by atoms with Gasteiger partial charge in [-0.15, -0.1) is 0 Å². The zero-order valence-corrected chi connectivity index (χ0v) is 7.69. The number of hydrogen-bond acceptors (Lipinski definition) is 0. The predicted octanol–water partition coefficient (Wildman–Crippen LogP) is -1.78. The number of halogens is 2. The molecule has 0 aromatic heterocycles. The molecule has 50 valence electrons. The SMILES string of the molecule is [I-].[NH3+]c1ccc(Cl)cc1. The molecule has 0 aliphatic rings. The van der Waals surface area contributed by atoms with Crippen molar-refractivity contribution in [1.82, 2.24) is 0 Å². The van der Waals surface area contributed by atoms with Gasteiger partial charge in [0.1, 0.15) is 5.69 Å². The average molecular weight is 255 g/mol. The fraction of sp³-hybridized carbons (Fsp3) is 0. The van der Waals surface area contributed by atoms with Crippen LogP contribution in [0.4, 0.5) is 5.69 Å². The van der Waals surface area contributed by atoms with Gasteiger partial charge in [-0.3, -0.25) is 0 Å². The van der Waals surface area contributed by atoms with Crippen LogP contribution in [0.1, 0.15) is 0 Å². The minimum absolute atomic E-state index is 0. The van der Waals surface area contributed by atoms with Gasteiger partial charge in [-0.25, -0.2) is 0 Å². The first-order chi connectivity index (χ1) is 3.79. The van der Waals surface area contributed by atoms with Crippen LogP contribution in [-0.4, -0.2) is 0 Å². The fourth-order valence-electron chi connectivity index (χ4n) is 0.484. The van der Waals surface area contributed by atoms with E-state index in [4.69, 9.17) is 11.6 Å². The van der Waals surface area contributed by atoms with Crippen molar-refractivity contribution in [3.63, 3.8) is 0 Å². The first-order valence-electron chi connectivity index (χ1n) is 2.36. The van der Waals surface area contributed by atoms with Gasteiger partial charge in [0.25, 0.3) is 0 Å². The second-order valence-corrected chi connectivity index (χ2v) is 2.06. The summed E-state index contributed by atoms with van der Waals surface area (Å²) in [5.41, 5.74) is 4.70. The number of quaternary nitrogens is 1. The van der Waals surface area contributed by atoms with Crippen LogP contribution < -0.4 is 29.7 Å². The highest BCUT2D eigenvalue weighted by Gasteiger charge is 1.85. The first kappa shape index (κ1) is 9.20. The maximum absolute atomic E-state index is 5.58. The molecule has 0 saturated heterocycles. The van der Waals surface area contributed by atoms with Crippen molar-refractivity contribution in [2.75, 3.05) is 0 Å². The van der Waals surface area contributed by atoms with Crippen molar-refractivity contribution < 1.29 is 29.7 Å². The smallest absolute Gasteiger partial charge is 0.128 e. The largest absolute Gasteiger partial charge is 1.00 e. The second-order valence-electron chi connectivity index (χ2n) is 1.63. The highest BCUT2D eigenvalue weighted by Crippen LogP contribution is 2.08. The third-order valence-electron chi connectivity index (χ3n) is 0.913. The van der Waals surface area contributed by atoms with Crippen LogP contribution in [0.3, 0.4) is 0 Å². The Labute approximate surface area is 76.2 Å². The number of benzene rings is 1. The van der Waals surface area contributed by atoms with E-state index in [2.05, 4.69) is 5.73 Å². The van der Waals surface area contributed by atoms with Crippen molar-refractivity contribution in [1.29, 1.82) is 0 Å². The maximum atomic E-state index is 5.58. The Morgan fingerprint density at radius 1 is 1.11 bits per heavy atom. The van der Waals surface area contributed by atoms with E-state index >= 15 is 0 Å². The van der Waals surface area contributed by atoms with Crippen LogP contribution in [0.2, 0.25) is 5.02 Å². The maximum Gasteiger partial charge on any atom is 0.128 e. The molecule has 0 spiro atoms. The second kappa shape index (κ2) is 4.09. The summed E-state index contributed by atoms with van der Waals surface area (Å²) in [5.74, 6) is 0. The van der Waals surface area contributed by atoms with Crippen molar-refractivity contribution in [2.45, 2.75) is 0 Å². The van der Waals surface area contributed by atoms with E-state index in [0.717, 1.165) is 10.7 Å². The van der Waals surface area contributed by atoms with Gasteiger partial charge in [0.05, 0.1) is 0 Å². The summed E-state index contributed by atoms with van der Waals surface area (Å²) in [7, 11) is 0. The summed E-state index contributed by atoms with van der Waals surface area (Å²) in [6.45, 7) is 0. The topological polar surface area (TPSA) is 27.6 Å². The Hall–Kier alpha value is 0.200. The molecule has 0 bridgehead atoms. The van der Waals surface area contributed by atoms with E-state index in [-0.39, 0.29) is 24.0 Å². The molecule has 0 atom stereocenters. The highest BCUT2D eigenvalue weighted by atomic mass is 127. The van der Waals surface area contributed by atoms with Gasteiger partial charge in [0.2, 0.25) is 0 Å². The molecule has 1 nitrogen and oxygen atoms in total. The molecule has 1 aromatic rings. The van der Waals surface area contributed by atoms with Crippen molar-refractivity contribution in [3.8, 4) is 0 Å². The Kier molecular flexibility index (Phi) is 4.18. The van der Waals surface area contributed by atoms with Gasteiger partial charge in [-0.2, -0.15) is 0 Å².